The molecule has 0 heterocycles. The first-order chi connectivity index (χ1) is 7.23. The summed E-state index contributed by atoms with van der Waals surface area (Å²) in [6.45, 7) is 4.90. The number of phenols is 1. The summed E-state index contributed by atoms with van der Waals surface area (Å²) in [6.07, 6.45) is 0. The van der Waals surface area contributed by atoms with Crippen LogP contribution in [-0.2, 0) is 10.1 Å². The van der Waals surface area contributed by atoms with Crippen molar-refractivity contribution in [3.05, 3.63) is 35.9 Å². The van der Waals surface area contributed by atoms with Crippen molar-refractivity contribution in [1.82, 2.24) is 0 Å². The first-order valence-corrected chi connectivity index (χ1v) is 5.68. The van der Waals surface area contributed by atoms with Crippen molar-refractivity contribution in [2.24, 2.45) is 0 Å². The van der Waals surface area contributed by atoms with Gasteiger partial charge in [0.2, 0.25) is 0 Å². The molecular formula is C10H10O5S. The van der Waals surface area contributed by atoms with Gasteiger partial charge in [0.05, 0.1) is 0 Å². The maximum atomic E-state index is 11.5. The van der Waals surface area contributed by atoms with E-state index in [1.807, 2.05) is 0 Å². The fourth-order valence-corrected chi connectivity index (χ4v) is 1.72. The second-order valence-corrected chi connectivity index (χ2v) is 4.66. The van der Waals surface area contributed by atoms with Crippen LogP contribution >= 0.6 is 0 Å². The maximum Gasteiger partial charge on any atom is 0.298 e. The van der Waals surface area contributed by atoms with Gasteiger partial charge in [0, 0.05) is 5.56 Å². The Morgan fingerprint density at radius 2 is 1.94 bits per heavy atom. The van der Waals surface area contributed by atoms with Crippen LogP contribution < -0.4 is 0 Å². The highest BCUT2D eigenvalue weighted by Crippen LogP contribution is 2.24. The third-order valence-corrected chi connectivity index (χ3v) is 2.77. The zero-order valence-corrected chi connectivity index (χ0v) is 9.28. The van der Waals surface area contributed by atoms with Crippen molar-refractivity contribution in [2.75, 3.05) is 0 Å². The van der Waals surface area contributed by atoms with Crippen LogP contribution in [0.1, 0.15) is 17.3 Å². The summed E-state index contributed by atoms with van der Waals surface area (Å²) in [5.41, 5.74) is 0.268. The average Bonchev–Trinajstić information content (AvgIpc) is 2.15. The van der Waals surface area contributed by atoms with Gasteiger partial charge in [-0.25, -0.2) is 0 Å². The Morgan fingerprint density at radius 1 is 1.38 bits per heavy atom. The Kier molecular flexibility index (Phi) is 3.16. The van der Waals surface area contributed by atoms with Crippen molar-refractivity contribution < 1.29 is 22.9 Å². The number of hydrogen-bond acceptors (Lipinski definition) is 4. The van der Waals surface area contributed by atoms with Crippen molar-refractivity contribution >= 4 is 15.9 Å². The fraction of sp³-hybridized carbons (Fsp3) is 0.100. The number of carbonyl (C=O) groups is 1. The second kappa shape index (κ2) is 4.07. The molecule has 0 spiro atoms. The molecule has 0 atom stereocenters. The lowest BCUT2D eigenvalue weighted by Crippen LogP contribution is -2.04. The van der Waals surface area contributed by atoms with Gasteiger partial charge >= 0.3 is 0 Å². The van der Waals surface area contributed by atoms with E-state index in [-0.39, 0.29) is 11.1 Å². The molecule has 1 aromatic carbocycles. The van der Waals surface area contributed by atoms with Crippen LogP contribution in [0.4, 0.5) is 0 Å². The first kappa shape index (κ1) is 12.4. The molecule has 0 aromatic heterocycles. The zero-order valence-electron chi connectivity index (χ0n) is 8.47. The van der Waals surface area contributed by atoms with Gasteiger partial charge in [0.25, 0.3) is 10.1 Å². The number of benzene rings is 1. The van der Waals surface area contributed by atoms with Gasteiger partial charge < -0.3 is 5.11 Å². The molecule has 0 bridgehead atoms. The van der Waals surface area contributed by atoms with E-state index in [0.717, 1.165) is 12.1 Å². The highest BCUT2D eigenvalue weighted by atomic mass is 32.2. The van der Waals surface area contributed by atoms with E-state index in [1.165, 1.54) is 13.0 Å². The molecule has 16 heavy (non-hydrogen) atoms. The minimum Gasteiger partial charge on any atom is -0.506 e. The quantitative estimate of drug-likeness (QED) is 0.475. The van der Waals surface area contributed by atoms with E-state index in [0.29, 0.717) is 0 Å². The van der Waals surface area contributed by atoms with Gasteiger partial charge in [0.15, 0.2) is 5.78 Å². The minimum absolute atomic E-state index is 0.0397. The third-order valence-electron chi connectivity index (χ3n) is 1.89. The van der Waals surface area contributed by atoms with Gasteiger partial charge in [-0.3, -0.25) is 9.35 Å². The smallest absolute Gasteiger partial charge is 0.298 e. The number of Topliss-reactive ketones (excluding diaryl/α,β-unsaturated/α-hetero) is 1. The molecule has 86 valence electrons. The Balaban J connectivity index is 3.40. The largest absolute Gasteiger partial charge is 0.506 e. The lowest BCUT2D eigenvalue weighted by Gasteiger charge is -2.04. The number of carbonyl (C=O) groups excluding carboxylic acids is 1. The maximum absolute atomic E-state index is 11.5. The van der Waals surface area contributed by atoms with E-state index in [2.05, 4.69) is 6.58 Å². The van der Waals surface area contributed by atoms with Crippen LogP contribution in [0, 0.1) is 0 Å². The summed E-state index contributed by atoms with van der Waals surface area (Å²) < 4.78 is 30.5. The molecule has 0 aliphatic rings. The Bertz CT molecular complexity index is 557. The molecule has 5 nitrogen and oxygen atoms in total. The number of hydrogen-bond donors (Lipinski definition) is 2. The molecule has 2 N–H and O–H groups in total. The van der Waals surface area contributed by atoms with Crippen LogP contribution in [0.5, 0.6) is 5.75 Å². The monoisotopic (exact) mass is 242 g/mol. The summed E-state index contributed by atoms with van der Waals surface area (Å²) in [5, 5.41) is 9.22. The summed E-state index contributed by atoms with van der Waals surface area (Å²) in [5.74, 6) is -1.06. The molecule has 0 unspecified atom stereocenters. The van der Waals surface area contributed by atoms with Gasteiger partial charge in [-0.2, -0.15) is 8.42 Å². The molecule has 0 aliphatic carbocycles. The van der Waals surface area contributed by atoms with Crippen molar-refractivity contribution in [2.45, 2.75) is 11.8 Å². The zero-order chi connectivity index (χ0) is 12.5. The van der Waals surface area contributed by atoms with Crippen LogP contribution in [-0.4, -0.2) is 23.9 Å². The normalized spacial score (nSPS) is 11.1. The molecule has 6 heteroatoms. The van der Waals surface area contributed by atoms with Crippen molar-refractivity contribution in [3.63, 3.8) is 0 Å². The predicted octanol–water partition coefficient (Wildman–Crippen LogP) is 1.40. The Hall–Kier alpha value is -1.66. The van der Waals surface area contributed by atoms with E-state index < -0.39 is 26.5 Å². The standard InChI is InChI=1S/C10H10O5S/c1-6(2)10(12)7-3-4-8(11)9(5-7)16(13,14)15/h3-5,11H,1H2,2H3,(H,13,14,15). The number of phenolic OH excluding ortho intramolecular Hbond substituents is 1. The lowest BCUT2D eigenvalue weighted by molar-refractivity contribution is 0.103. The summed E-state index contributed by atoms with van der Waals surface area (Å²) in [4.78, 5) is 10.8. The molecule has 0 amide bonds. The molecule has 1 aromatic rings. The van der Waals surface area contributed by atoms with Crippen LogP contribution in [0.3, 0.4) is 0 Å². The van der Waals surface area contributed by atoms with Gasteiger partial charge in [-0.05, 0) is 30.7 Å². The van der Waals surface area contributed by atoms with Crippen LogP contribution in [0.2, 0.25) is 0 Å². The third kappa shape index (κ3) is 2.47. The topological polar surface area (TPSA) is 91.7 Å². The lowest BCUT2D eigenvalue weighted by atomic mass is 10.1. The molecule has 0 radical (unpaired) electrons. The summed E-state index contributed by atoms with van der Waals surface area (Å²) in [6, 6.07) is 3.18. The minimum atomic E-state index is -4.55. The molecule has 0 aliphatic heterocycles. The van der Waals surface area contributed by atoms with Crippen molar-refractivity contribution in [1.29, 1.82) is 0 Å². The number of rotatable bonds is 3. The van der Waals surface area contributed by atoms with Crippen LogP contribution in [0.25, 0.3) is 0 Å². The van der Waals surface area contributed by atoms with E-state index in [9.17, 15) is 18.3 Å². The SMILES string of the molecule is C=C(C)C(=O)c1ccc(O)c(S(=O)(=O)O)c1. The number of aromatic hydroxyl groups is 1. The molecular weight excluding hydrogens is 232 g/mol. The predicted molar refractivity (Wildman–Crippen MR) is 57.1 cm³/mol. The molecule has 0 saturated carbocycles. The average molecular weight is 242 g/mol. The highest BCUT2D eigenvalue weighted by Gasteiger charge is 2.18. The molecule has 1 rings (SSSR count). The number of allylic oxidation sites excluding steroid dienone is 1. The Labute approximate surface area is 92.8 Å². The van der Waals surface area contributed by atoms with E-state index in [4.69, 9.17) is 4.55 Å². The van der Waals surface area contributed by atoms with E-state index in [1.54, 1.807) is 0 Å². The van der Waals surface area contributed by atoms with Gasteiger partial charge in [0.1, 0.15) is 10.6 Å². The summed E-state index contributed by atoms with van der Waals surface area (Å²) >= 11 is 0. The van der Waals surface area contributed by atoms with Crippen LogP contribution in [0.15, 0.2) is 35.2 Å². The van der Waals surface area contributed by atoms with Crippen molar-refractivity contribution in [3.8, 4) is 5.75 Å². The second-order valence-electron chi connectivity index (χ2n) is 3.27. The molecule has 0 fully saturated rings. The van der Waals surface area contributed by atoms with Gasteiger partial charge in [-0.15, -0.1) is 0 Å². The molecule has 0 saturated heterocycles. The summed E-state index contributed by atoms with van der Waals surface area (Å²) in [7, 11) is -4.55. The highest BCUT2D eigenvalue weighted by molar-refractivity contribution is 7.86. The number of ketones is 1. The van der Waals surface area contributed by atoms with E-state index >= 15 is 0 Å². The van der Waals surface area contributed by atoms with Gasteiger partial charge in [-0.1, -0.05) is 6.58 Å². The first-order valence-electron chi connectivity index (χ1n) is 4.24. The Morgan fingerprint density at radius 3 is 2.38 bits per heavy atom. The fourth-order valence-electron chi connectivity index (χ4n) is 1.11.